The molecule has 0 amide bonds. The third kappa shape index (κ3) is 4.29. The van der Waals surface area contributed by atoms with E-state index < -0.39 is 6.10 Å². The van der Waals surface area contributed by atoms with Crippen LogP contribution < -0.4 is 10.1 Å². The largest absolute Gasteiger partial charge is 0.490 e. The lowest BCUT2D eigenvalue weighted by atomic mass is 10.0. The fraction of sp³-hybridized carbons (Fsp3) is 0.571. The average Bonchev–Trinajstić information content (AvgIpc) is 2.36. The lowest BCUT2D eigenvalue weighted by Crippen LogP contribution is -2.23. The van der Waals surface area contributed by atoms with Crippen LogP contribution in [0.15, 0.2) is 18.2 Å². The van der Waals surface area contributed by atoms with Crippen LogP contribution >= 0.6 is 0 Å². The summed E-state index contributed by atoms with van der Waals surface area (Å²) < 4.78 is 5.59. The predicted octanol–water partition coefficient (Wildman–Crippen LogP) is 1.40. The summed E-state index contributed by atoms with van der Waals surface area (Å²) in [4.78, 5) is 0. The van der Waals surface area contributed by atoms with E-state index in [4.69, 9.17) is 9.84 Å². The van der Waals surface area contributed by atoms with Crippen molar-refractivity contribution in [3.63, 3.8) is 0 Å². The molecule has 0 saturated carbocycles. The number of aliphatic hydroxyl groups excluding tert-OH is 2. The van der Waals surface area contributed by atoms with E-state index in [1.165, 1.54) is 0 Å². The first-order valence-electron chi connectivity index (χ1n) is 6.34. The highest BCUT2D eigenvalue weighted by Gasteiger charge is 2.12. The highest BCUT2D eigenvalue weighted by molar-refractivity contribution is 5.39. The van der Waals surface area contributed by atoms with Gasteiger partial charge in [0.25, 0.3) is 0 Å². The average molecular weight is 253 g/mol. The molecule has 0 fully saturated rings. The third-order valence-electron chi connectivity index (χ3n) is 2.79. The van der Waals surface area contributed by atoms with E-state index in [-0.39, 0.29) is 19.3 Å². The molecule has 1 aromatic rings. The maximum absolute atomic E-state index is 9.33. The van der Waals surface area contributed by atoms with Gasteiger partial charge in [0.15, 0.2) is 0 Å². The molecule has 4 nitrogen and oxygen atoms in total. The molecule has 1 rings (SSSR count). The van der Waals surface area contributed by atoms with Gasteiger partial charge < -0.3 is 20.3 Å². The van der Waals surface area contributed by atoms with Gasteiger partial charge in [-0.3, -0.25) is 0 Å². The highest BCUT2D eigenvalue weighted by Crippen LogP contribution is 2.26. The fourth-order valence-corrected chi connectivity index (χ4v) is 1.78. The Morgan fingerprint density at radius 3 is 2.72 bits per heavy atom. The van der Waals surface area contributed by atoms with Gasteiger partial charge in [-0.1, -0.05) is 19.1 Å². The lowest BCUT2D eigenvalue weighted by molar-refractivity contribution is 0.0531. The smallest absolute Gasteiger partial charge is 0.124 e. The number of ether oxygens (including phenoxy) is 1. The second-order valence-corrected chi connectivity index (χ2v) is 4.47. The molecule has 1 aromatic carbocycles. The van der Waals surface area contributed by atoms with Gasteiger partial charge in [-0.25, -0.2) is 0 Å². The molecule has 4 heteroatoms. The van der Waals surface area contributed by atoms with Crippen LogP contribution in [0.3, 0.4) is 0 Å². The van der Waals surface area contributed by atoms with Gasteiger partial charge in [0.05, 0.1) is 6.61 Å². The topological polar surface area (TPSA) is 61.7 Å². The first-order valence-corrected chi connectivity index (χ1v) is 6.34. The molecule has 0 radical (unpaired) electrons. The van der Waals surface area contributed by atoms with Crippen LogP contribution in [0.25, 0.3) is 0 Å². The molecule has 2 unspecified atom stereocenters. The van der Waals surface area contributed by atoms with Crippen molar-refractivity contribution in [2.75, 3.05) is 19.8 Å². The van der Waals surface area contributed by atoms with Crippen molar-refractivity contribution in [1.82, 2.24) is 5.32 Å². The number of benzene rings is 1. The molecule has 2 atom stereocenters. The van der Waals surface area contributed by atoms with E-state index in [1.807, 2.05) is 25.1 Å². The monoisotopic (exact) mass is 253 g/mol. The van der Waals surface area contributed by atoms with Gasteiger partial charge in [-0.15, -0.1) is 0 Å². The van der Waals surface area contributed by atoms with Crippen LogP contribution in [0.1, 0.15) is 31.0 Å². The van der Waals surface area contributed by atoms with Gasteiger partial charge in [0.1, 0.15) is 18.5 Å². The van der Waals surface area contributed by atoms with Crippen molar-refractivity contribution in [2.45, 2.75) is 32.9 Å². The molecule has 0 bridgehead atoms. The normalized spacial score (nSPS) is 14.3. The van der Waals surface area contributed by atoms with Crippen molar-refractivity contribution >= 4 is 0 Å². The van der Waals surface area contributed by atoms with Crippen LogP contribution in [0.5, 0.6) is 5.75 Å². The quantitative estimate of drug-likeness (QED) is 0.687. The van der Waals surface area contributed by atoms with Gasteiger partial charge in [-0.2, -0.15) is 0 Å². The minimum absolute atomic E-state index is 0.103. The third-order valence-corrected chi connectivity index (χ3v) is 2.79. The number of aliphatic hydroxyl groups is 2. The minimum atomic E-state index is -0.840. The number of hydrogen-bond donors (Lipinski definition) is 3. The number of aryl methyl sites for hydroxylation is 1. The molecule has 0 spiro atoms. The lowest BCUT2D eigenvalue weighted by Gasteiger charge is -2.19. The Morgan fingerprint density at radius 1 is 1.39 bits per heavy atom. The summed E-state index contributed by atoms with van der Waals surface area (Å²) in [6.07, 6.45) is -0.840. The zero-order valence-corrected chi connectivity index (χ0v) is 11.3. The van der Waals surface area contributed by atoms with E-state index in [0.717, 1.165) is 23.4 Å². The van der Waals surface area contributed by atoms with E-state index in [1.54, 1.807) is 0 Å². The Morgan fingerprint density at radius 2 is 2.11 bits per heavy atom. The van der Waals surface area contributed by atoms with Crippen molar-refractivity contribution in [3.8, 4) is 5.75 Å². The van der Waals surface area contributed by atoms with Gasteiger partial charge in [-0.05, 0) is 32.0 Å². The molecule has 102 valence electrons. The molecular formula is C14H23NO3. The zero-order chi connectivity index (χ0) is 13.5. The van der Waals surface area contributed by atoms with Gasteiger partial charge >= 0.3 is 0 Å². The molecule has 18 heavy (non-hydrogen) atoms. The van der Waals surface area contributed by atoms with Crippen molar-refractivity contribution in [2.24, 2.45) is 0 Å². The maximum Gasteiger partial charge on any atom is 0.124 e. The van der Waals surface area contributed by atoms with E-state index >= 15 is 0 Å². The standard InChI is InChI=1S/C14H23NO3/c1-4-15-11(3)13-6-5-10(2)7-14(13)18-9-12(17)8-16/h5-7,11-12,15-17H,4,8-9H2,1-3H3. The van der Waals surface area contributed by atoms with Crippen molar-refractivity contribution < 1.29 is 14.9 Å². The number of rotatable bonds is 7. The summed E-state index contributed by atoms with van der Waals surface area (Å²) >= 11 is 0. The SMILES string of the molecule is CCNC(C)c1ccc(C)cc1OCC(O)CO. The van der Waals surface area contributed by atoms with Gasteiger partial charge in [0, 0.05) is 11.6 Å². The first-order chi connectivity index (χ1) is 8.58. The van der Waals surface area contributed by atoms with Crippen LogP contribution in [-0.4, -0.2) is 36.1 Å². The number of nitrogens with one attached hydrogen (secondary N) is 1. The minimum Gasteiger partial charge on any atom is -0.490 e. The summed E-state index contributed by atoms with van der Waals surface area (Å²) in [5.41, 5.74) is 2.17. The molecule has 0 aliphatic carbocycles. The number of hydrogen-bond acceptors (Lipinski definition) is 4. The summed E-state index contributed by atoms with van der Waals surface area (Å²) in [5, 5.41) is 21.4. The molecular weight excluding hydrogens is 230 g/mol. The molecule has 0 saturated heterocycles. The molecule has 0 aromatic heterocycles. The second-order valence-electron chi connectivity index (χ2n) is 4.47. The van der Waals surface area contributed by atoms with Crippen LogP contribution in [-0.2, 0) is 0 Å². The second kappa shape index (κ2) is 7.36. The molecule has 0 aliphatic rings. The molecule has 0 aliphatic heterocycles. The Bertz CT molecular complexity index is 368. The Hall–Kier alpha value is -1.10. The summed E-state index contributed by atoms with van der Waals surface area (Å²) in [6.45, 7) is 6.82. The van der Waals surface area contributed by atoms with E-state index in [0.29, 0.717) is 0 Å². The predicted molar refractivity (Wildman–Crippen MR) is 71.9 cm³/mol. The Labute approximate surface area is 109 Å². The maximum atomic E-state index is 9.33. The van der Waals surface area contributed by atoms with Crippen LogP contribution in [0.4, 0.5) is 0 Å². The van der Waals surface area contributed by atoms with Crippen LogP contribution in [0.2, 0.25) is 0 Å². The molecule has 3 N–H and O–H groups in total. The molecule has 0 heterocycles. The highest BCUT2D eigenvalue weighted by atomic mass is 16.5. The fourth-order valence-electron chi connectivity index (χ4n) is 1.78. The summed E-state index contributed by atoms with van der Waals surface area (Å²) in [6, 6.07) is 6.21. The first kappa shape index (κ1) is 15.0. The Kier molecular flexibility index (Phi) is 6.12. The summed E-state index contributed by atoms with van der Waals surface area (Å²) in [5.74, 6) is 0.760. The Balaban J connectivity index is 2.82. The summed E-state index contributed by atoms with van der Waals surface area (Å²) in [7, 11) is 0. The van der Waals surface area contributed by atoms with E-state index in [9.17, 15) is 5.11 Å². The van der Waals surface area contributed by atoms with Crippen molar-refractivity contribution in [1.29, 1.82) is 0 Å². The van der Waals surface area contributed by atoms with Gasteiger partial charge in [0.2, 0.25) is 0 Å². The zero-order valence-electron chi connectivity index (χ0n) is 11.3. The van der Waals surface area contributed by atoms with Crippen LogP contribution in [0, 0.1) is 6.92 Å². The van der Waals surface area contributed by atoms with Crippen molar-refractivity contribution in [3.05, 3.63) is 29.3 Å². The van der Waals surface area contributed by atoms with E-state index in [2.05, 4.69) is 19.2 Å².